The zero-order valence-electron chi connectivity index (χ0n) is 30.1. The quantitative estimate of drug-likeness (QED) is 0.209. The van der Waals surface area contributed by atoms with Crippen LogP contribution in [0.4, 0.5) is 0 Å². The van der Waals surface area contributed by atoms with Gasteiger partial charge in [-0.1, -0.05) is 83.0 Å². The molecule has 8 N–H and O–H groups in total. The van der Waals surface area contributed by atoms with Crippen LogP contribution in [0.5, 0.6) is 5.75 Å². The van der Waals surface area contributed by atoms with Crippen molar-refractivity contribution in [2.45, 2.75) is 75.3 Å². The van der Waals surface area contributed by atoms with E-state index in [1.165, 1.54) is 33.7 Å². The summed E-state index contributed by atoms with van der Waals surface area (Å²) in [5.74, 6) is -1.15. The Morgan fingerprint density at radius 2 is 1.73 bits per heavy atom. The highest BCUT2D eigenvalue weighted by atomic mass is 33.1. The number of benzene rings is 2. The van der Waals surface area contributed by atoms with Gasteiger partial charge in [0.25, 0.3) is 0 Å². The second-order valence-electron chi connectivity index (χ2n) is 15.4. The molecule has 2 aromatic carbocycles. The number of aliphatic hydroxyl groups is 6. The van der Waals surface area contributed by atoms with Crippen molar-refractivity contribution in [3.8, 4) is 5.75 Å². The molecule has 8 rings (SSSR count). The number of carbonyl (C=O) groups is 2. The lowest BCUT2D eigenvalue weighted by atomic mass is 9.60. The molecular formula is C41H46N2O10S2. The van der Waals surface area contributed by atoms with E-state index in [9.17, 15) is 35.4 Å². The minimum Gasteiger partial charge on any atom is -0.511 e. The van der Waals surface area contributed by atoms with E-state index >= 15 is 4.79 Å². The van der Waals surface area contributed by atoms with Gasteiger partial charge >= 0.3 is 0 Å². The number of allylic oxidation sites excluding steroid dienone is 6. The molecule has 6 bridgehead atoms. The molecule has 55 heavy (non-hydrogen) atoms. The molecule has 14 heteroatoms. The Morgan fingerprint density at radius 1 is 0.945 bits per heavy atom. The molecule has 6 aliphatic rings. The molecule has 1 saturated carbocycles. The zero-order chi connectivity index (χ0) is 38.5. The van der Waals surface area contributed by atoms with Gasteiger partial charge in [0.2, 0.25) is 6.29 Å². The highest BCUT2D eigenvalue weighted by Crippen LogP contribution is 2.55. The molecule has 7 atom stereocenters. The van der Waals surface area contributed by atoms with Gasteiger partial charge in [-0.3, -0.25) is 9.59 Å². The monoisotopic (exact) mass is 790 g/mol. The number of Topliss-reactive ketones (excluding diaryl/α,β-unsaturated/α-hetero) is 2. The summed E-state index contributed by atoms with van der Waals surface area (Å²) in [5, 5.41) is 74.7. The van der Waals surface area contributed by atoms with E-state index in [1.54, 1.807) is 24.3 Å². The lowest BCUT2D eigenvalue weighted by Crippen LogP contribution is -2.69. The number of hydrogen-bond donors (Lipinski definition) is 8. The van der Waals surface area contributed by atoms with Crippen molar-refractivity contribution in [1.29, 1.82) is 0 Å². The van der Waals surface area contributed by atoms with Crippen LogP contribution in [0.1, 0.15) is 63.9 Å². The van der Waals surface area contributed by atoms with Crippen LogP contribution in [0, 0.1) is 16.7 Å². The highest BCUT2D eigenvalue weighted by molar-refractivity contribution is 8.76. The fourth-order valence-corrected chi connectivity index (χ4v) is 11.6. The molecule has 3 aliphatic carbocycles. The Labute approximate surface area is 326 Å². The van der Waals surface area contributed by atoms with Crippen molar-refractivity contribution in [1.82, 2.24) is 10.6 Å². The molecule has 0 aromatic heterocycles. The van der Waals surface area contributed by atoms with Gasteiger partial charge in [0.15, 0.2) is 11.6 Å². The molecule has 1 saturated heterocycles. The van der Waals surface area contributed by atoms with Crippen molar-refractivity contribution in [2.24, 2.45) is 16.7 Å². The summed E-state index contributed by atoms with van der Waals surface area (Å²) in [4.78, 5) is 29.7. The third-order valence-electron chi connectivity index (χ3n) is 12.2. The molecule has 12 nitrogen and oxygen atoms in total. The van der Waals surface area contributed by atoms with E-state index in [0.29, 0.717) is 37.3 Å². The van der Waals surface area contributed by atoms with Crippen LogP contribution in [-0.2, 0) is 17.8 Å². The van der Waals surface area contributed by atoms with Crippen molar-refractivity contribution in [2.75, 3.05) is 24.8 Å². The van der Waals surface area contributed by atoms with Gasteiger partial charge in [0, 0.05) is 17.9 Å². The van der Waals surface area contributed by atoms with Crippen molar-refractivity contribution < 1.29 is 49.7 Å². The summed E-state index contributed by atoms with van der Waals surface area (Å²) < 4.78 is 12.2. The smallest absolute Gasteiger partial charge is 0.229 e. The molecule has 2 fully saturated rings. The summed E-state index contributed by atoms with van der Waals surface area (Å²) in [7, 11) is 2.80. The van der Waals surface area contributed by atoms with Crippen LogP contribution in [0.3, 0.4) is 0 Å². The van der Waals surface area contributed by atoms with E-state index in [4.69, 9.17) is 9.47 Å². The van der Waals surface area contributed by atoms with Crippen LogP contribution >= 0.6 is 21.6 Å². The first kappa shape index (κ1) is 38.3. The van der Waals surface area contributed by atoms with E-state index < -0.39 is 65.1 Å². The third-order valence-corrected chi connectivity index (χ3v) is 14.5. The number of ether oxygens (including phenoxy) is 2. The van der Waals surface area contributed by atoms with E-state index in [1.807, 2.05) is 24.3 Å². The third kappa shape index (κ3) is 6.54. The minimum atomic E-state index is -2.20. The van der Waals surface area contributed by atoms with Gasteiger partial charge in [-0.25, -0.2) is 0 Å². The average Bonchev–Trinajstić information content (AvgIpc) is 3.67. The number of nitrogens with one attached hydrogen (secondary N) is 2. The van der Waals surface area contributed by atoms with Gasteiger partial charge in [0.05, 0.1) is 36.4 Å². The predicted octanol–water partition coefficient (Wildman–Crippen LogP) is 3.60. The summed E-state index contributed by atoms with van der Waals surface area (Å²) in [6.45, 7) is -0.304. The number of ketones is 2. The number of aliphatic hydroxyl groups excluding tert-OH is 5. The van der Waals surface area contributed by atoms with E-state index in [2.05, 4.69) is 16.7 Å². The molecule has 0 radical (unpaired) electrons. The van der Waals surface area contributed by atoms with Crippen LogP contribution in [0.25, 0.3) is 0 Å². The van der Waals surface area contributed by atoms with Gasteiger partial charge < -0.3 is 50.7 Å². The molecule has 292 valence electrons. The van der Waals surface area contributed by atoms with Gasteiger partial charge in [-0.2, -0.15) is 0 Å². The number of fused-ring (bicyclic) bond motifs is 4. The Kier molecular flexibility index (Phi) is 10.5. The SMILES string of the molecule is O=C1c2cccc3c2C(=O)[C@]2(CSSCNC4=CC(=CCN4)C4(CCCC4)C[C@]4(O)[C@H](O)[C@@H](CO)O[C@@H](O3)[C@@H]4O)C(O)=CC(Cc3cccc(CO)c3)=C[C@H]12. The predicted molar refractivity (Wildman–Crippen MR) is 207 cm³/mol. The molecule has 2 aromatic rings. The summed E-state index contributed by atoms with van der Waals surface area (Å²) in [5.41, 5.74) is -1.31. The maximum absolute atomic E-state index is 15.1. The normalized spacial score (nSPS) is 33.0. The maximum Gasteiger partial charge on any atom is 0.229 e. The zero-order valence-corrected chi connectivity index (χ0v) is 31.8. The van der Waals surface area contributed by atoms with E-state index in [-0.39, 0.29) is 41.4 Å². The van der Waals surface area contributed by atoms with Crippen molar-refractivity contribution >= 4 is 33.2 Å². The Bertz CT molecular complexity index is 1990. The molecule has 0 unspecified atom stereocenters. The van der Waals surface area contributed by atoms with Gasteiger partial charge in [-0.05, 0) is 71.6 Å². The summed E-state index contributed by atoms with van der Waals surface area (Å²) in [6.07, 6.45) is 4.35. The summed E-state index contributed by atoms with van der Waals surface area (Å²) >= 11 is 0. The van der Waals surface area contributed by atoms with Crippen LogP contribution < -0.4 is 15.4 Å². The number of rotatable bonds is 4. The van der Waals surface area contributed by atoms with E-state index in [0.717, 1.165) is 35.4 Å². The molecule has 0 amide bonds. The van der Waals surface area contributed by atoms with Crippen LogP contribution in [-0.4, -0.2) is 97.2 Å². The molecule has 3 aliphatic heterocycles. The number of carbonyl (C=O) groups excluding carboxylic acids is 2. The first-order valence-electron chi connectivity index (χ1n) is 18.7. The highest BCUT2D eigenvalue weighted by Gasteiger charge is 2.61. The van der Waals surface area contributed by atoms with Crippen LogP contribution in [0.15, 0.2) is 89.5 Å². The fourth-order valence-electron chi connectivity index (χ4n) is 9.38. The standard InChI is InChI=1S/C41H46N2O10S2/c44-18-24-6-3-5-23(13-24)14-25-15-28-34(47)27-7-4-8-29-33(27)36(49)40(28,31(46)16-25)21-54-55-22-43-32-17-26(9-12-42-32)39(10-1-2-11-39)20-41(51)35(48)30(19-45)53-38(52-29)37(41)50/h3-9,13,15-17,28,30,35,37-38,42-46,48,50-51H,1-2,10-12,14,18-22H2/t28-,30-,35-,37+,38-,40+,41+/m1/s1. The molecular weight excluding hydrogens is 745 g/mol. The maximum atomic E-state index is 15.1. The minimum absolute atomic E-state index is 0.0380. The summed E-state index contributed by atoms with van der Waals surface area (Å²) in [6, 6.07) is 11.9. The Balaban J connectivity index is 1.22. The van der Waals surface area contributed by atoms with Crippen LogP contribution in [0.2, 0.25) is 0 Å². The average molecular weight is 791 g/mol. The number of dihydropyridines is 1. The lowest BCUT2D eigenvalue weighted by molar-refractivity contribution is -0.319. The van der Waals surface area contributed by atoms with Crippen molar-refractivity contribution in [3.05, 3.63) is 112 Å². The lowest BCUT2D eigenvalue weighted by Gasteiger charge is -2.51. The second kappa shape index (κ2) is 15.1. The second-order valence-corrected chi connectivity index (χ2v) is 17.9. The fraction of sp³-hybridized carbons (Fsp3) is 0.463. The van der Waals surface area contributed by atoms with Crippen molar-refractivity contribution in [3.63, 3.8) is 0 Å². The largest absolute Gasteiger partial charge is 0.511 e. The Hall–Kier alpha value is -3.60. The molecule has 2 spiro atoms. The number of hydrogen-bond acceptors (Lipinski definition) is 14. The Morgan fingerprint density at radius 3 is 2.51 bits per heavy atom. The first-order chi connectivity index (χ1) is 26.5. The van der Waals surface area contributed by atoms with Gasteiger partial charge in [0.1, 0.15) is 40.8 Å². The molecule has 3 heterocycles. The topological polar surface area (TPSA) is 198 Å². The van der Waals surface area contributed by atoms with Gasteiger partial charge in [-0.15, -0.1) is 0 Å². The first-order valence-corrected chi connectivity index (χ1v) is 21.2.